The van der Waals surface area contributed by atoms with E-state index < -0.39 is 0 Å². The van der Waals surface area contributed by atoms with Gasteiger partial charge in [-0.3, -0.25) is 4.79 Å². The number of nitrogens with zero attached hydrogens (tertiary/aromatic N) is 2. The van der Waals surface area contributed by atoms with E-state index in [2.05, 4.69) is 33.6 Å². The molecule has 132 valence electrons. The average Bonchev–Trinajstić information content (AvgIpc) is 2.62. The van der Waals surface area contributed by atoms with Gasteiger partial charge in [0.1, 0.15) is 0 Å². The number of benzene rings is 2. The molecular formula is C21H22N4O. The molecule has 0 spiro atoms. The van der Waals surface area contributed by atoms with Crippen molar-refractivity contribution in [3.63, 3.8) is 0 Å². The molecule has 0 fully saturated rings. The molecule has 0 saturated carbocycles. The summed E-state index contributed by atoms with van der Waals surface area (Å²) in [6.07, 6.45) is 3.05. The Balaban J connectivity index is 1.72. The lowest BCUT2D eigenvalue weighted by atomic mass is 10.1. The minimum Gasteiger partial charge on any atom is -0.324 e. The van der Waals surface area contributed by atoms with Gasteiger partial charge in [-0.05, 0) is 56.5 Å². The lowest BCUT2D eigenvalue weighted by molar-refractivity contribution is 0.102. The van der Waals surface area contributed by atoms with Gasteiger partial charge in [-0.15, -0.1) is 0 Å². The summed E-state index contributed by atoms with van der Waals surface area (Å²) in [5.74, 6) is 0.233. The molecule has 5 heteroatoms. The Hall–Kier alpha value is -3.21. The molecule has 0 aliphatic carbocycles. The summed E-state index contributed by atoms with van der Waals surface area (Å²) in [5.41, 5.74) is 6.68. The highest BCUT2D eigenvalue weighted by molar-refractivity contribution is 6.04. The van der Waals surface area contributed by atoms with E-state index >= 15 is 0 Å². The van der Waals surface area contributed by atoms with E-state index in [9.17, 15) is 4.79 Å². The Kier molecular flexibility index (Phi) is 4.98. The van der Waals surface area contributed by atoms with Crippen LogP contribution in [0.4, 0.5) is 17.3 Å². The van der Waals surface area contributed by atoms with E-state index in [1.807, 2.05) is 51.1 Å². The molecule has 0 atom stereocenters. The molecule has 0 radical (unpaired) electrons. The number of carbonyl (C=O) groups is 1. The van der Waals surface area contributed by atoms with E-state index in [1.54, 1.807) is 0 Å². The number of hydrogen-bond acceptors (Lipinski definition) is 4. The standard InChI is InChI=1S/C21H22N4O/c1-13-8-9-18(15(3)10-13)24-20(26)17-11-22-21(23-12-17)25-19-7-5-6-14(2)16(19)4/h5-12H,1-4H3,(H,24,26)(H,22,23,25). The largest absolute Gasteiger partial charge is 0.324 e. The second-order valence-corrected chi connectivity index (χ2v) is 6.44. The molecule has 0 aliphatic rings. The van der Waals surface area contributed by atoms with Gasteiger partial charge >= 0.3 is 0 Å². The van der Waals surface area contributed by atoms with E-state index in [0.717, 1.165) is 28.1 Å². The van der Waals surface area contributed by atoms with Crippen molar-refractivity contribution in [1.29, 1.82) is 0 Å². The van der Waals surface area contributed by atoms with Crippen molar-refractivity contribution in [3.8, 4) is 0 Å². The number of hydrogen-bond donors (Lipinski definition) is 2. The maximum Gasteiger partial charge on any atom is 0.258 e. The third-order valence-electron chi connectivity index (χ3n) is 4.40. The summed E-state index contributed by atoms with van der Waals surface area (Å²) in [4.78, 5) is 20.9. The molecule has 1 amide bonds. The first-order valence-corrected chi connectivity index (χ1v) is 8.48. The van der Waals surface area contributed by atoms with Gasteiger partial charge in [0.05, 0.1) is 5.56 Å². The molecular weight excluding hydrogens is 324 g/mol. The molecule has 26 heavy (non-hydrogen) atoms. The Labute approximate surface area is 153 Å². The molecule has 3 aromatic rings. The first kappa shape index (κ1) is 17.6. The maximum absolute atomic E-state index is 12.4. The molecule has 0 bridgehead atoms. The van der Waals surface area contributed by atoms with E-state index in [4.69, 9.17) is 0 Å². The molecule has 5 nitrogen and oxygen atoms in total. The van der Waals surface area contributed by atoms with Crippen LogP contribution in [0.1, 0.15) is 32.6 Å². The van der Waals surface area contributed by atoms with Crippen molar-refractivity contribution in [2.24, 2.45) is 0 Å². The Morgan fingerprint density at radius 1 is 0.885 bits per heavy atom. The number of aromatic nitrogens is 2. The first-order chi connectivity index (χ1) is 12.4. The zero-order chi connectivity index (χ0) is 18.7. The van der Waals surface area contributed by atoms with Gasteiger partial charge in [0, 0.05) is 23.8 Å². The van der Waals surface area contributed by atoms with Crippen LogP contribution in [0.3, 0.4) is 0 Å². The van der Waals surface area contributed by atoms with Crippen LogP contribution in [0.25, 0.3) is 0 Å². The summed E-state index contributed by atoms with van der Waals surface area (Å²) in [6.45, 7) is 8.09. The SMILES string of the molecule is Cc1ccc(NC(=O)c2cnc(Nc3cccc(C)c3C)nc2)c(C)c1. The number of anilines is 3. The average molecular weight is 346 g/mol. The van der Waals surface area contributed by atoms with Crippen molar-refractivity contribution in [2.45, 2.75) is 27.7 Å². The number of amides is 1. The van der Waals surface area contributed by atoms with Gasteiger partial charge < -0.3 is 10.6 Å². The predicted octanol–water partition coefficient (Wildman–Crippen LogP) is 4.71. The van der Waals surface area contributed by atoms with Gasteiger partial charge in [0.25, 0.3) is 5.91 Å². The normalized spacial score (nSPS) is 10.5. The second kappa shape index (κ2) is 7.35. The zero-order valence-electron chi connectivity index (χ0n) is 15.4. The monoisotopic (exact) mass is 346 g/mol. The molecule has 0 saturated heterocycles. The van der Waals surface area contributed by atoms with Crippen molar-refractivity contribution in [1.82, 2.24) is 9.97 Å². The quantitative estimate of drug-likeness (QED) is 0.718. The van der Waals surface area contributed by atoms with Crippen molar-refractivity contribution >= 4 is 23.2 Å². The molecule has 2 N–H and O–H groups in total. The highest BCUT2D eigenvalue weighted by atomic mass is 16.1. The number of rotatable bonds is 4. The van der Waals surface area contributed by atoms with Crippen LogP contribution in [-0.2, 0) is 0 Å². The molecule has 1 heterocycles. The van der Waals surface area contributed by atoms with Crippen LogP contribution < -0.4 is 10.6 Å². The number of carbonyl (C=O) groups excluding carboxylic acids is 1. The minimum atomic E-state index is -0.227. The van der Waals surface area contributed by atoms with Crippen molar-refractivity contribution in [2.75, 3.05) is 10.6 Å². The predicted molar refractivity (Wildman–Crippen MR) is 105 cm³/mol. The third kappa shape index (κ3) is 3.88. The zero-order valence-corrected chi connectivity index (χ0v) is 15.4. The van der Waals surface area contributed by atoms with Crippen LogP contribution in [0.5, 0.6) is 0 Å². The molecule has 1 aromatic heterocycles. The van der Waals surface area contributed by atoms with E-state index in [1.165, 1.54) is 18.0 Å². The lowest BCUT2D eigenvalue weighted by Gasteiger charge is -2.11. The Morgan fingerprint density at radius 2 is 1.62 bits per heavy atom. The fourth-order valence-corrected chi connectivity index (χ4v) is 2.67. The Bertz CT molecular complexity index is 949. The summed E-state index contributed by atoms with van der Waals surface area (Å²) in [5, 5.41) is 6.09. The Morgan fingerprint density at radius 3 is 2.31 bits per heavy atom. The van der Waals surface area contributed by atoms with Crippen LogP contribution in [0, 0.1) is 27.7 Å². The minimum absolute atomic E-state index is 0.227. The topological polar surface area (TPSA) is 66.9 Å². The van der Waals surface area contributed by atoms with E-state index in [-0.39, 0.29) is 5.91 Å². The fraction of sp³-hybridized carbons (Fsp3) is 0.190. The maximum atomic E-state index is 12.4. The number of aryl methyl sites for hydroxylation is 3. The van der Waals surface area contributed by atoms with Gasteiger partial charge in [-0.1, -0.05) is 29.8 Å². The fourth-order valence-electron chi connectivity index (χ4n) is 2.67. The van der Waals surface area contributed by atoms with Crippen LogP contribution in [0.2, 0.25) is 0 Å². The molecule has 0 unspecified atom stereocenters. The van der Waals surface area contributed by atoms with Crippen LogP contribution in [0.15, 0.2) is 48.8 Å². The number of nitrogens with one attached hydrogen (secondary N) is 2. The van der Waals surface area contributed by atoms with Crippen LogP contribution in [-0.4, -0.2) is 15.9 Å². The third-order valence-corrected chi connectivity index (χ3v) is 4.40. The first-order valence-electron chi connectivity index (χ1n) is 8.48. The summed E-state index contributed by atoms with van der Waals surface area (Å²) in [7, 11) is 0. The van der Waals surface area contributed by atoms with Crippen molar-refractivity contribution < 1.29 is 4.79 Å². The van der Waals surface area contributed by atoms with Gasteiger partial charge in [-0.2, -0.15) is 0 Å². The smallest absolute Gasteiger partial charge is 0.258 e. The summed E-state index contributed by atoms with van der Waals surface area (Å²) in [6, 6.07) is 11.9. The van der Waals surface area contributed by atoms with Gasteiger partial charge in [0.2, 0.25) is 5.95 Å². The van der Waals surface area contributed by atoms with Crippen molar-refractivity contribution in [3.05, 3.63) is 76.6 Å². The van der Waals surface area contributed by atoms with Gasteiger partial charge in [0.15, 0.2) is 0 Å². The highest BCUT2D eigenvalue weighted by Gasteiger charge is 2.10. The van der Waals surface area contributed by atoms with Gasteiger partial charge in [-0.25, -0.2) is 9.97 Å². The van der Waals surface area contributed by atoms with E-state index in [0.29, 0.717) is 11.5 Å². The molecule has 3 rings (SSSR count). The summed E-state index contributed by atoms with van der Waals surface area (Å²) >= 11 is 0. The summed E-state index contributed by atoms with van der Waals surface area (Å²) < 4.78 is 0. The lowest BCUT2D eigenvalue weighted by Crippen LogP contribution is -2.14. The van der Waals surface area contributed by atoms with Crippen LogP contribution >= 0.6 is 0 Å². The molecule has 0 aliphatic heterocycles. The highest BCUT2D eigenvalue weighted by Crippen LogP contribution is 2.21. The molecule has 2 aromatic carbocycles. The second-order valence-electron chi connectivity index (χ2n) is 6.44.